The first-order valence-electron chi connectivity index (χ1n) is 9.40. The molecule has 140 valence electrons. The van der Waals surface area contributed by atoms with Crippen LogP contribution < -0.4 is 10.9 Å². The van der Waals surface area contributed by atoms with E-state index in [1.807, 2.05) is 18.2 Å². The summed E-state index contributed by atoms with van der Waals surface area (Å²) in [5.74, 6) is 0.641. The second-order valence-corrected chi connectivity index (χ2v) is 6.82. The Hall–Kier alpha value is -2.95. The van der Waals surface area contributed by atoms with Crippen molar-refractivity contribution in [1.82, 2.24) is 15.3 Å². The highest BCUT2D eigenvalue weighted by molar-refractivity contribution is 5.77. The van der Waals surface area contributed by atoms with Crippen LogP contribution in [0.25, 0.3) is 10.9 Å². The number of hydrogen-bond acceptors (Lipinski definition) is 3. The van der Waals surface area contributed by atoms with E-state index in [-0.39, 0.29) is 17.5 Å². The molecule has 5 nitrogen and oxygen atoms in total. The van der Waals surface area contributed by atoms with Crippen LogP contribution in [0.3, 0.4) is 0 Å². The van der Waals surface area contributed by atoms with Gasteiger partial charge in [-0.25, -0.2) is 4.98 Å². The number of fused-ring (bicyclic) bond motifs is 1. The molecule has 2 N–H and O–H groups in total. The second kappa shape index (κ2) is 8.62. The van der Waals surface area contributed by atoms with Crippen molar-refractivity contribution in [3.8, 4) is 0 Å². The van der Waals surface area contributed by atoms with Crippen LogP contribution in [-0.4, -0.2) is 15.9 Å². The Kier molecular flexibility index (Phi) is 6.01. The summed E-state index contributed by atoms with van der Waals surface area (Å²) >= 11 is 0. The number of carbonyl (C=O) groups is 1. The van der Waals surface area contributed by atoms with Crippen LogP contribution in [0.4, 0.5) is 0 Å². The monoisotopic (exact) mass is 363 g/mol. The minimum absolute atomic E-state index is 0.0190. The fourth-order valence-electron chi connectivity index (χ4n) is 3.16. The molecule has 5 heteroatoms. The molecule has 3 aromatic rings. The van der Waals surface area contributed by atoms with Gasteiger partial charge in [0.25, 0.3) is 5.56 Å². The molecule has 2 aromatic carbocycles. The number of aromatic amines is 1. The first-order chi connectivity index (χ1) is 13.1. The van der Waals surface area contributed by atoms with Gasteiger partial charge in [-0.2, -0.15) is 0 Å². The molecule has 0 unspecified atom stereocenters. The van der Waals surface area contributed by atoms with Crippen LogP contribution >= 0.6 is 0 Å². The summed E-state index contributed by atoms with van der Waals surface area (Å²) in [6.45, 7) is 4.11. The summed E-state index contributed by atoms with van der Waals surface area (Å²) in [5.41, 5.74) is 2.88. The van der Waals surface area contributed by atoms with Crippen molar-refractivity contribution in [2.75, 3.05) is 0 Å². The third-order valence-electron chi connectivity index (χ3n) is 4.70. The van der Waals surface area contributed by atoms with E-state index in [1.165, 1.54) is 5.56 Å². The zero-order valence-electron chi connectivity index (χ0n) is 15.8. The minimum atomic E-state index is -0.134. The van der Waals surface area contributed by atoms with Crippen LogP contribution in [0.1, 0.15) is 49.2 Å². The molecule has 27 heavy (non-hydrogen) atoms. The number of aromatic nitrogens is 2. The lowest BCUT2D eigenvalue weighted by atomic mass is 10.0. The Balaban J connectivity index is 1.56. The smallest absolute Gasteiger partial charge is 0.258 e. The van der Waals surface area contributed by atoms with Gasteiger partial charge in [-0.3, -0.25) is 9.59 Å². The van der Waals surface area contributed by atoms with Crippen molar-refractivity contribution in [2.24, 2.45) is 0 Å². The molecule has 0 aliphatic heterocycles. The van der Waals surface area contributed by atoms with Crippen LogP contribution in [0.2, 0.25) is 0 Å². The van der Waals surface area contributed by atoms with Gasteiger partial charge in [-0.1, -0.05) is 48.9 Å². The lowest BCUT2D eigenvalue weighted by Crippen LogP contribution is -2.28. The van der Waals surface area contributed by atoms with Crippen molar-refractivity contribution in [3.05, 3.63) is 75.8 Å². The standard InChI is InChI=1S/C22H25N3O2/c1-3-18(16-13-11-15(2)12-14-16)24-21(26)10-6-9-20-23-19-8-5-4-7-17(19)22(27)25-20/h4-5,7-8,11-14,18H,3,6,9-10H2,1-2H3,(H,24,26)(H,23,25,27)/t18-/m0/s1. The zero-order valence-corrected chi connectivity index (χ0v) is 15.8. The van der Waals surface area contributed by atoms with Gasteiger partial charge in [0.1, 0.15) is 5.82 Å². The molecule has 0 fully saturated rings. The van der Waals surface area contributed by atoms with Gasteiger partial charge < -0.3 is 10.3 Å². The Bertz CT molecular complexity index is 977. The summed E-state index contributed by atoms with van der Waals surface area (Å²) in [7, 11) is 0. The zero-order chi connectivity index (χ0) is 19.2. The van der Waals surface area contributed by atoms with Crippen molar-refractivity contribution in [1.29, 1.82) is 0 Å². The number of aryl methyl sites for hydroxylation is 2. The molecule has 1 amide bonds. The van der Waals surface area contributed by atoms with E-state index in [1.54, 1.807) is 6.07 Å². The molecule has 0 bridgehead atoms. The van der Waals surface area contributed by atoms with E-state index >= 15 is 0 Å². The van der Waals surface area contributed by atoms with Crippen LogP contribution in [0.5, 0.6) is 0 Å². The molecule has 1 aromatic heterocycles. The average molecular weight is 363 g/mol. The van der Waals surface area contributed by atoms with Crippen molar-refractivity contribution in [3.63, 3.8) is 0 Å². The molecule has 1 heterocycles. The molecular weight excluding hydrogens is 338 g/mol. The fraction of sp³-hybridized carbons (Fsp3) is 0.318. The average Bonchev–Trinajstić information content (AvgIpc) is 2.67. The van der Waals surface area contributed by atoms with Gasteiger partial charge in [0.15, 0.2) is 0 Å². The topological polar surface area (TPSA) is 74.8 Å². The largest absolute Gasteiger partial charge is 0.349 e. The quantitative estimate of drug-likeness (QED) is 0.670. The third-order valence-corrected chi connectivity index (χ3v) is 4.70. The van der Waals surface area contributed by atoms with Crippen molar-refractivity contribution < 1.29 is 4.79 Å². The molecule has 1 atom stereocenters. The molecule has 0 aliphatic carbocycles. The van der Waals surface area contributed by atoms with E-state index in [9.17, 15) is 9.59 Å². The number of para-hydroxylation sites is 1. The first-order valence-corrected chi connectivity index (χ1v) is 9.40. The summed E-state index contributed by atoms with van der Waals surface area (Å²) < 4.78 is 0. The molecular formula is C22H25N3O2. The number of H-pyrrole nitrogens is 1. The van der Waals surface area contributed by atoms with E-state index in [0.29, 0.717) is 36.0 Å². The SMILES string of the molecule is CC[C@H](NC(=O)CCCc1nc2ccccc2c(=O)[nH]1)c1ccc(C)cc1. The Morgan fingerprint density at radius 1 is 1.15 bits per heavy atom. The number of nitrogens with zero attached hydrogens (tertiary/aromatic N) is 1. The first kappa shape index (κ1) is 18.8. The Morgan fingerprint density at radius 3 is 2.63 bits per heavy atom. The highest BCUT2D eigenvalue weighted by Gasteiger charge is 2.12. The fourth-order valence-corrected chi connectivity index (χ4v) is 3.16. The molecule has 0 spiro atoms. The highest BCUT2D eigenvalue weighted by Crippen LogP contribution is 2.17. The van der Waals surface area contributed by atoms with Gasteiger partial charge in [-0.05, 0) is 37.5 Å². The van der Waals surface area contributed by atoms with Gasteiger partial charge in [0.05, 0.1) is 16.9 Å². The maximum absolute atomic E-state index is 12.3. The van der Waals surface area contributed by atoms with Crippen LogP contribution in [0.15, 0.2) is 53.3 Å². The summed E-state index contributed by atoms with van der Waals surface area (Å²) in [4.78, 5) is 31.7. The maximum Gasteiger partial charge on any atom is 0.258 e. The van der Waals surface area contributed by atoms with E-state index in [0.717, 1.165) is 12.0 Å². The Morgan fingerprint density at radius 2 is 1.89 bits per heavy atom. The number of hydrogen-bond donors (Lipinski definition) is 2. The normalized spacial score (nSPS) is 12.1. The number of amides is 1. The predicted octanol–water partition coefficient (Wildman–Crippen LogP) is 3.82. The minimum Gasteiger partial charge on any atom is -0.349 e. The van der Waals surface area contributed by atoms with Gasteiger partial charge in [0, 0.05) is 12.8 Å². The van der Waals surface area contributed by atoms with E-state index in [4.69, 9.17) is 0 Å². The summed E-state index contributed by atoms with van der Waals surface area (Å²) in [6, 6.07) is 15.5. The van der Waals surface area contributed by atoms with Crippen molar-refractivity contribution in [2.45, 2.75) is 45.6 Å². The molecule has 0 saturated carbocycles. The molecule has 3 rings (SSSR count). The number of benzene rings is 2. The van der Waals surface area contributed by atoms with Gasteiger partial charge >= 0.3 is 0 Å². The van der Waals surface area contributed by atoms with E-state index < -0.39 is 0 Å². The lowest BCUT2D eigenvalue weighted by Gasteiger charge is -2.17. The molecule has 0 saturated heterocycles. The second-order valence-electron chi connectivity index (χ2n) is 6.82. The number of carbonyl (C=O) groups excluding carboxylic acids is 1. The van der Waals surface area contributed by atoms with Gasteiger partial charge in [0.2, 0.25) is 5.91 Å². The van der Waals surface area contributed by atoms with Gasteiger partial charge in [-0.15, -0.1) is 0 Å². The maximum atomic E-state index is 12.3. The summed E-state index contributed by atoms with van der Waals surface area (Å²) in [6.07, 6.45) is 2.44. The third kappa shape index (κ3) is 4.82. The lowest BCUT2D eigenvalue weighted by molar-refractivity contribution is -0.122. The predicted molar refractivity (Wildman–Crippen MR) is 108 cm³/mol. The Labute approximate surface area is 158 Å². The van der Waals surface area contributed by atoms with E-state index in [2.05, 4.69) is 53.4 Å². The number of rotatable bonds is 7. The van der Waals surface area contributed by atoms with Crippen molar-refractivity contribution >= 4 is 16.8 Å². The molecule has 0 radical (unpaired) electrons. The van der Waals surface area contributed by atoms with Crippen LogP contribution in [-0.2, 0) is 11.2 Å². The number of nitrogens with one attached hydrogen (secondary N) is 2. The molecule has 0 aliphatic rings. The highest BCUT2D eigenvalue weighted by atomic mass is 16.1. The van der Waals surface area contributed by atoms with Crippen LogP contribution in [0, 0.1) is 6.92 Å². The summed E-state index contributed by atoms with van der Waals surface area (Å²) in [5, 5.41) is 3.68.